The minimum absolute atomic E-state index is 0.152. The molecule has 0 aliphatic carbocycles. The van der Waals surface area contributed by atoms with Crippen molar-refractivity contribution in [3.05, 3.63) is 65.9 Å². The predicted octanol–water partition coefficient (Wildman–Crippen LogP) is 4.36. The first-order valence-corrected chi connectivity index (χ1v) is 10.3. The number of nitrogens with one attached hydrogen (secondary N) is 1. The van der Waals surface area contributed by atoms with Gasteiger partial charge in [0.05, 0.1) is 0 Å². The number of anilines is 1. The number of piperidine rings is 1. The average Bonchev–Trinajstić information content (AvgIpc) is 3.09. The summed E-state index contributed by atoms with van der Waals surface area (Å²) in [6.45, 7) is 5.64. The van der Waals surface area contributed by atoms with E-state index in [1.54, 1.807) is 6.92 Å². The summed E-state index contributed by atoms with van der Waals surface area (Å²) >= 11 is 0. The van der Waals surface area contributed by atoms with Crippen LogP contribution in [-0.4, -0.2) is 35.4 Å². The first-order chi connectivity index (χ1) is 13.6. The van der Waals surface area contributed by atoms with Crippen molar-refractivity contribution < 1.29 is 4.79 Å². The SMILES string of the molecule is CC(=O)N1CC2(CCCN(Cc3cc4ccccc4[nH]3)C2)Cc2ccccc21. The van der Waals surface area contributed by atoms with Gasteiger partial charge in [0, 0.05) is 48.9 Å². The van der Waals surface area contributed by atoms with Crippen LogP contribution in [0.1, 0.15) is 31.0 Å². The largest absolute Gasteiger partial charge is 0.357 e. The number of hydrogen-bond donors (Lipinski definition) is 1. The molecule has 4 nitrogen and oxygen atoms in total. The van der Waals surface area contributed by atoms with Crippen LogP contribution in [0.2, 0.25) is 0 Å². The van der Waals surface area contributed by atoms with Crippen LogP contribution in [0.15, 0.2) is 54.6 Å². The third-order valence-electron chi connectivity index (χ3n) is 6.44. The highest BCUT2D eigenvalue weighted by Gasteiger charge is 2.42. The second-order valence-electron chi connectivity index (χ2n) is 8.61. The molecule has 0 saturated carbocycles. The van der Waals surface area contributed by atoms with Crippen molar-refractivity contribution in [2.24, 2.45) is 5.41 Å². The Morgan fingerprint density at radius 2 is 1.93 bits per heavy atom. The number of carbonyl (C=O) groups excluding carboxylic acids is 1. The summed E-state index contributed by atoms with van der Waals surface area (Å²) < 4.78 is 0. The summed E-state index contributed by atoms with van der Waals surface area (Å²) in [4.78, 5) is 20.5. The monoisotopic (exact) mass is 373 g/mol. The van der Waals surface area contributed by atoms with Gasteiger partial charge in [0.25, 0.3) is 0 Å². The molecule has 4 heteroatoms. The van der Waals surface area contributed by atoms with Crippen LogP contribution in [0.3, 0.4) is 0 Å². The minimum Gasteiger partial charge on any atom is -0.357 e. The number of carbonyl (C=O) groups is 1. The molecule has 5 rings (SSSR count). The molecule has 0 bridgehead atoms. The number of H-pyrrole nitrogens is 1. The van der Waals surface area contributed by atoms with E-state index in [4.69, 9.17) is 0 Å². The molecular weight excluding hydrogens is 346 g/mol. The standard InChI is InChI=1S/C24H27N3O/c1-18(28)27-17-24(14-20-8-3-5-10-23(20)27)11-6-12-26(16-24)15-21-13-19-7-2-4-9-22(19)25-21/h2-5,7-10,13,25H,6,11-12,14-17H2,1H3. The summed E-state index contributed by atoms with van der Waals surface area (Å²) in [6, 6.07) is 19.2. The third kappa shape index (κ3) is 3.12. The topological polar surface area (TPSA) is 39.3 Å². The molecule has 1 amide bonds. The van der Waals surface area contributed by atoms with Gasteiger partial charge in [-0.25, -0.2) is 0 Å². The molecule has 1 unspecified atom stereocenters. The number of fused-ring (bicyclic) bond motifs is 2. The highest BCUT2D eigenvalue weighted by Crippen LogP contribution is 2.42. The van der Waals surface area contributed by atoms with Crippen LogP contribution in [-0.2, 0) is 17.8 Å². The van der Waals surface area contributed by atoms with E-state index in [2.05, 4.69) is 58.4 Å². The fourth-order valence-corrected chi connectivity index (χ4v) is 5.26. The fourth-order valence-electron chi connectivity index (χ4n) is 5.26. The van der Waals surface area contributed by atoms with Crippen LogP contribution in [0.25, 0.3) is 10.9 Å². The highest BCUT2D eigenvalue weighted by molar-refractivity contribution is 5.93. The number of amides is 1. The van der Waals surface area contributed by atoms with E-state index in [9.17, 15) is 4.79 Å². The number of rotatable bonds is 2. The highest BCUT2D eigenvalue weighted by atomic mass is 16.2. The van der Waals surface area contributed by atoms with Gasteiger partial charge in [-0.15, -0.1) is 0 Å². The lowest BCUT2D eigenvalue weighted by Gasteiger charge is -2.48. The number of nitrogens with zero attached hydrogens (tertiary/aromatic N) is 2. The normalized spacial score (nSPS) is 22.5. The van der Waals surface area contributed by atoms with Crippen molar-refractivity contribution in [3.8, 4) is 0 Å². The second-order valence-corrected chi connectivity index (χ2v) is 8.61. The summed E-state index contributed by atoms with van der Waals surface area (Å²) in [5.41, 5.74) is 5.06. The molecule has 1 fully saturated rings. The van der Waals surface area contributed by atoms with Crippen molar-refractivity contribution in [2.45, 2.75) is 32.7 Å². The number of hydrogen-bond acceptors (Lipinski definition) is 2. The molecule has 28 heavy (non-hydrogen) atoms. The molecule has 144 valence electrons. The van der Waals surface area contributed by atoms with Crippen LogP contribution in [0.5, 0.6) is 0 Å². The Morgan fingerprint density at radius 3 is 2.79 bits per heavy atom. The van der Waals surface area contributed by atoms with Crippen molar-refractivity contribution in [3.63, 3.8) is 0 Å². The Balaban J connectivity index is 1.39. The quantitative estimate of drug-likeness (QED) is 0.725. The molecule has 1 N–H and O–H groups in total. The lowest BCUT2D eigenvalue weighted by molar-refractivity contribution is -0.117. The van der Waals surface area contributed by atoms with E-state index in [1.165, 1.54) is 35.0 Å². The average molecular weight is 374 g/mol. The maximum atomic E-state index is 12.4. The second kappa shape index (κ2) is 6.78. The van der Waals surface area contributed by atoms with Crippen LogP contribution in [0.4, 0.5) is 5.69 Å². The van der Waals surface area contributed by atoms with E-state index < -0.39 is 0 Å². The summed E-state index contributed by atoms with van der Waals surface area (Å²) in [5.74, 6) is 0.152. The van der Waals surface area contributed by atoms with Crippen molar-refractivity contribution in [1.29, 1.82) is 0 Å². The molecule has 2 aromatic carbocycles. The van der Waals surface area contributed by atoms with E-state index in [0.29, 0.717) is 0 Å². The molecular formula is C24H27N3O. The molecule has 1 aromatic heterocycles. The number of para-hydroxylation sites is 2. The zero-order valence-electron chi connectivity index (χ0n) is 16.4. The van der Waals surface area contributed by atoms with E-state index in [0.717, 1.165) is 38.3 Å². The first kappa shape index (κ1) is 17.5. The molecule has 3 heterocycles. The smallest absolute Gasteiger partial charge is 0.223 e. The van der Waals surface area contributed by atoms with E-state index >= 15 is 0 Å². The summed E-state index contributed by atoms with van der Waals surface area (Å²) in [6.07, 6.45) is 3.44. The Morgan fingerprint density at radius 1 is 1.11 bits per heavy atom. The van der Waals surface area contributed by atoms with Gasteiger partial charge in [-0.1, -0.05) is 36.4 Å². The van der Waals surface area contributed by atoms with Gasteiger partial charge in [-0.05, 0) is 55.0 Å². The Bertz CT molecular complexity index is 990. The lowest BCUT2D eigenvalue weighted by atomic mass is 9.72. The summed E-state index contributed by atoms with van der Waals surface area (Å²) in [5, 5.41) is 1.28. The van der Waals surface area contributed by atoms with Gasteiger partial charge in [0.1, 0.15) is 0 Å². The van der Waals surface area contributed by atoms with Gasteiger partial charge in [0.2, 0.25) is 5.91 Å². The van der Waals surface area contributed by atoms with E-state index in [-0.39, 0.29) is 11.3 Å². The van der Waals surface area contributed by atoms with Gasteiger partial charge in [-0.3, -0.25) is 9.69 Å². The van der Waals surface area contributed by atoms with Gasteiger partial charge >= 0.3 is 0 Å². The molecule has 1 saturated heterocycles. The Kier molecular flexibility index (Phi) is 4.24. The predicted molar refractivity (Wildman–Crippen MR) is 113 cm³/mol. The number of aromatic amines is 1. The number of benzene rings is 2. The fraction of sp³-hybridized carbons (Fsp3) is 0.375. The van der Waals surface area contributed by atoms with Crippen LogP contribution in [0, 0.1) is 5.41 Å². The van der Waals surface area contributed by atoms with E-state index in [1.807, 2.05) is 11.0 Å². The third-order valence-corrected chi connectivity index (χ3v) is 6.44. The summed E-state index contributed by atoms with van der Waals surface area (Å²) in [7, 11) is 0. The maximum Gasteiger partial charge on any atom is 0.223 e. The Labute approximate surface area is 166 Å². The van der Waals surface area contributed by atoms with Crippen LogP contribution < -0.4 is 4.90 Å². The molecule has 2 aliphatic rings. The Hall–Kier alpha value is -2.59. The van der Waals surface area contributed by atoms with Gasteiger partial charge in [0.15, 0.2) is 0 Å². The zero-order valence-corrected chi connectivity index (χ0v) is 16.4. The first-order valence-electron chi connectivity index (χ1n) is 10.3. The lowest BCUT2D eigenvalue weighted by Crippen LogP contribution is -2.53. The maximum absolute atomic E-state index is 12.4. The minimum atomic E-state index is 0.152. The number of likely N-dealkylation sites (tertiary alicyclic amines) is 1. The zero-order chi connectivity index (χ0) is 19.1. The number of aromatic nitrogens is 1. The van der Waals surface area contributed by atoms with Crippen LogP contribution >= 0.6 is 0 Å². The molecule has 3 aromatic rings. The van der Waals surface area contributed by atoms with Crippen molar-refractivity contribution >= 4 is 22.5 Å². The molecule has 2 aliphatic heterocycles. The van der Waals surface area contributed by atoms with Gasteiger partial charge in [-0.2, -0.15) is 0 Å². The molecule has 1 spiro atoms. The van der Waals surface area contributed by atoms with Gasteiger partial charge < -0.3 is 9.88 Å². The molecule has 1 atom stereocenters. The van der Waals surface area contributed by atoms with Crippen molar-refractivity contribution in [1.82, 2.24) is 9.88 Å². The van der Waals surface area contributed by atoms with Crippen molar-refractivity contribution in [2.75, 3.05) is 24.5 Å². The molecule has 0 radical (unpaired) electrons.